The summed E-state index contributed by atoms with van der Waals surface area (Å²) in [7, 11) is 4.12. The Kier molecular flexibility index (Phi) is 8.55. The van der Waals surface area contributed by atoms with Crippen molar-refractivity contribution in [3.8, 4) is 11.3 Å². The normalized spacial score (nSPS) is 14.7. The number of aromatic nitrogens is 2. The minimum atomic E-state index is -0.724. The maximum atomic E-state index is 14.8. The molecule has 3 N–H and O–H groups in total. The van der Waals surface area contributed by atoms with Gasteiger partial charge in [-0.1, -0.05) is 23.7 Å². The zero-order valence-corrected chi connectivity index (χ0v) is 25.5. The van der Waals surface area contributed by atoms with Crippen LogP contribution in [0.5, 0.6) is 0 Å². The fraction of sp³-hybridized carbons (Fsp3) is 0.242. The number of fused-ring (bicyclic) bond motifs is 3. The molecule has 3 heterocycles. The molecule has 1 amide bonds. The first kappa shape index (κ1) is 30.3. The molecule has 3 aromatic carbocycles. The Morgan fingerprint density at radius 1 is 1.02 bits per heavy atom. The van der Waals surface area contributed by atoms with E-state index in [1.807, 2.05) is 4.90 Å². The van der Waals surface area contributed by atoms with Gasteiger partial charge in [-0.05, 0) is 75.5 Å². The van der Waals surface area contributed by atoms with Crippen LogP contribution in [0.2, 0.25) is 5.02 Å². The van der Waals surface area contributed by atoms with Crippen molar-refractivity contribution in [1.29, 1.82) is 5.41 Å². The summed E-state index contributed by atoms with van der Waals surface area (Å²) in [5.74, 6) is -1.42. The van der Waals surface area contributed by atoms with Crippen LogP contribution >= 0.6 is 11.6 Å². The highest BCUT2D eigenvalue weighted by Crippen LogP contribution is 2.34. The SMILES string of the molecule is CN(C)C1CCN(C(=N)NC(=O)c2ccc(Nc3ncc4c(n3)-c3ccc(Cl)cc3C(c3c(F)cccc3F)=NC4)cc2)CC1. The van der Waals surface area contributed by atoms with Gasteiger partial charge in [0.25, 0.3) is 5.91 Å². The molecule has 1 fully saturated rings. The van der Waals surface area contributed by atoms with Crippen LogP contribution in [-0.4, -0.2) is 70.6 Å². The van der Waals surface area contributed by atoms with Crippen LogP contribution < -0.4 is 10.6 Å². The van der Waals surface area contributed by atoms with Gasteiger partial charge in [0.1, 0.15) is 11.6 Å². The molecule has 0 aliphatic carbocycles. The van der Waals surface area contributed by atoms with E-state index < -0.39 is 11.6 Å². The Labute approximate surface area is 264 Å². The van der Waals surface area contributed by atoms with Crippen molar-refractivity contribution in [2.24, 2.45) is 4.99 Å². The smallest absolute Gasteiger partial charge is 0.257 e. The second-order valence-electron chi connectivity index (χ2n) is 11.2. The molecule has 9 nitrogen and oxygen atoms in total. The number of rotatable bonds is 5. The molecule has 2 aliphatic rings. The molecule has 0 unspecified atom stereocenters. The zero-order chi connectivity index (χ0) is 31.7. The van der Waals surface area contributed by atoms with Gasteiger partial charge in [-0.2, -0.15) is 0 Å². The number of piperidine rings is 1. The van der Waals surface area contributed by atoms with Crippen molar-refractivity contribution < 1.29 is 13.6 Å². The number of carbonyl (C=O) groups excluding carboxylic acids is 1. The highest BCUT2D eigenvalue weighted by molar-refractivity contribution is 6.31. The zero-order valence-electron chi connectivity index (χ0n) is 24.7. The van der Waals surface area contributed by atoms with E-state index in [-0.39, 0.29) is 35.6 Å². The lowest BCUT2D eigenvalue weighted by Crippen LogP contribution is -2.49. The van der Waals surface area contributed by atoms with Crippen LogP contribution in [0.25, 0.3) is 11.3 Å². The van der Waals surface area contributed by atoms with E-state index >= 15 is 0 Å². The quantitative estimate of drug-likeness (QED) is 0.189. The Bertz CT molecular complexity index is 1780. The second-order valence-corrected chi connectivity index (χ2v) is 11.6. The van der Waals surface area contributed by atoms with Gasteiger partial charge in [0.15, 0.2) is 5.96 Å². The third-order valence-corrected chi connectivity index (χ3v) is 8.34. The lowest BCUT2D eigenvalue weighted by Gasteiger charge is -2.36. The summed E-state index contributed by atoms with van der Waals surface area (Å²) in [6.07, 6.45) is 3.50. The summed E-state index contributed by atoms with van der Waals surface area (Å²) in [5, 5.41) is 14.6. The highest BCUT2D eigenvalue weighted by Gasteiger charge is 2.26. The fourth-order valence-electron chi connectivity index (χ4n) is 5.62. The maximum absolute atomic E-state index is 14.8. The van der Waals surface area contributed by atoms with E-state index in [1.165, 1.54) is 18.2 Å². The molecule has 0 saturated carbocycles. The lowest BCUT2D eigenvalue weighted by atomic mass is 9.95. The van der Waals surface area contributed by atoms with Crippen molar-refractivity contribution >= 4 is 40.8 Å². The number of benzene rings is 3. The molecule has 45 heavy (non-hydrogen) atoms. The standard InChI is InChI=1S/C33H31ClF2N8O/c1-43(2)23-12-14-44(15-13-23)32(37)42-31(45)19-6-9-22(10-7-19)40-33-39-18-20-17-38-30(28-26(35)4-3-5-27(28)36)25-16-21(34)8-11-24(25)29(20)41-33/h3-11,16,18,23H,12-15,17H2,1-2H3,(H2,37,42,45)(H,39,40,41). The van der Waals surface area contributed by atoms with Crippen molar-refractivity contribution in [3.05, 3.63) is 106 Å². The minimum absolute atomic E-state index is 0.101. The van der Waals surface area contributed by atoms with Gasteiger partial charge in [0, 0.05) is 58.3 Å². The largest absolute Gasteiger partial charge is 0.343 e. The molecule has 0 bridgehead atoms. The van der Waals surface area contributed by atoms with Gasteiger partial charge in [-0.3, -0.25) is 20.5 Å². The fourth-order valence-corrected chi connectivity index (χ4v) is 5.79. The summed E-state index contributed by atoms with van der Waals surface area (Å²) >= 11 is 6.31. The average Bonchev–Trinajstić information content (AvgIpc) is 3.18. The van der Waals surface area contributed by atoms with Gasteiger partial charge >= 0.3 is 0 Å². The average molecular weight is 629 g/mol. The first-order valence-electron chi connectivity index (χ1n) is 14.5. The summed E-state index contributed by atoms with van der Waals surface area (Å²) < 4.78 is 29.7. The van der Waals surface area contributed by atoms with Gasteiger partial charge in [-0.15, -0.1) is 0 Å². The second kappa shape index (κ2) is 12.7. The van der Waals surface area contributed by atoms with Crippen LogP contribution in [0.4, 0.5) is 20.4 Å². The molecule has 6 rings (SSSR count). The molecular weight excluding hydrogens is 598 g/mol. The number of guanidine groups is 1. The highest BCUT2D eigenvalue weighted by atomic mass is 35.5. The molecule has 0 spiro atoms. The number of amides is 1. The molecule has 12 heteroatoms. The van der Waals surface area contributed by atoms with E-state index in [4.69, 9.17) is 22.0 Å². The molecule has 4 aromatic rings. The van der Waals surface area contributed by atoms with Crippen LogP contribution in [0.15, 0.2) is 71.9 Å². The van der Waals surface area contributed by atoms with Crippen molar-refractivity contribution in [3.63, 3.8) is 0 Å². The van der Waals surface area contributed by atoms with E-state index in [0.29, 0.717) is 44.7 Å². The number of aliphatic imine (C=N–C) groups is 1. The molecule has 1 saturated heterocycles. The van der Waals surface area contributed by atoms with Crippen LogP contribution in [0.3, 0.4) is 0 Å². The first-order chi connectivity index (χ1) is 21.7. The lowest BCUT2D eigenvalue weighted by molar-refractivity contribution is 0.0968. The molecule has 2 aliphatic heterocycles. The molecular formula is C33H31ClF2N8O. The van der Waals surface area contributed by atoms with Gasteiger partial charge in [0.05, 0.1) is 23.5 Å². The molecule has 0 atom stereocenters. The first-order valence-corrected chi connectivity index (χ1v) is 14.9. The van der Waals surface area contributed by atoms with Gasteiger partial charge < -0.3 is 15.1 Å². The number of anilines is 2. The van der Waals surface area contributed by atoms with E-state index in [1.54, 1.807) is 48.7 Å². The number of likely N-dealkylation sites (tertiary alicyclic amines) is 1. The predicted octanol–water partition coefficient (Wildman–Crippen LogP) is 5.86. The Morgan fingerprint density at radius 2 is 1.73 bits per heavy atom. The maximum Gasteiger partial charge on any atom is 0.257 e. The van der Waals surface area contributed by atoms with Crippen molar-refractivity contribution in [2.45, 2.75) is 25.4 Å². The number of halogens is 3. The molecule has 230 valence electrons. The summed E-state index contributed by atoms with van der Waals surface area (Å²) in [4.78, 5) is 30.7. The molecule has 1 aromatic heterocycles. The number of hydrogen-bond acceptors (Lipinski definition) is 7. The molecule has 0 radical (unpaired) electrons. The van der Waals surface area contributed by atoms with Gasteiger partial charge in [-0.25, -0.2) is 18.7 Å². The van der Waals surface area contributed by atoms with Crippen molar-refractivity contribution in [1.82, 2.24) is 25.1 Å². The van der Waals surface area contributed by atoms with Crippen LogP contribution in [0, 0.1) is 17.0 Å². The monoisotopic (exact) mass is 628 g/mol. The Balaban J connectivity index is 1.18. The summed E-state index contributed by atoms with van der Waals surface area (Å²) in [6, 6.07) is 16.0. The summed E-state index contributed by atoms with van der Waals surface area (Å²) in [6.45, 7) is 1.55. The number of nitrogens with zero attached hydrogens (tertiary/aromatic N) is 5. The van der Waals surface area contributed by atoms with Crippen molar-refractivity contribution in [2.75, 3.05) is 32.5 Å². The van der Waals surface area contributed by atoms with E-state index in [2.05, 4.69) is 39.6 Å². The Morgan fingerprint density at radius 3 is 2.42 bits per heavy atom. The number of hydrogen-bond donors (Lipinski definition) is 3. The minimum Gasteiger partial charge on any atom is -0.343 e. The number of nitrogens with one attached hydrogen (secondary N) is 3. The van der Waals surface area contributed by atoms with E-state index in [0.717, 1.165) is 25.9 Å². The topological polar surface area (TPSA) is 110 Å². The van der Waals surface area contributed by atoms with Gasteiger partial charge in [0.2, 0.25) is 5.95 Å². The third kappa shape index (κ3) is 6.40. The van der Waals surface area contributed by atoms with Crippen LogP contribution in [0.1, 0.15) is 39.9 Å². The summed E-state index contributed by atoms with van der Waals surface area (Å²) in [5.41, 5.74) is 3.27. The number of carbonyl (C=O) groups is 1. The Hall–Kier alpha value is -4.74. The van der Waals surface area contributed by atoms with Crippen LogP contribution in [-0.2, 0) is 6.54 Å². The predicted molar refractivity (Wildman–Crippen MR) is 171 cm³/mol. The van der Waals surface area contributed by atoms with E-state index in [9.17, 15) is 13.6 Å². The third-order valence-electron chi connectivity index (χ3n) is 8.11.